The Kier molecular flexibility index (Phi) is 3.74. The van der Waals surface area contributed by atoms with E-state index in [1.165, 1.54) is 6.20 Å². The summed E-state index contributed by atoms with van der Waals surface area (Å²) in [6.07, 6.45) is -3.98. The van der Waals surface area contributed by atoms with Crippen LogP contribution in [-0.4, -0.2) is 17.2 Å². The predicted octanol–water partition coefficient (Wildman–Crippen LogP) is 2.55. The molecule has 0 aliphatic heterocycles. The van der Waals surface area contributed by atoms with E-state index in [2.05, 4.69) is 9.72 Å². The van der Waals surface area contributed by atoms with Crippen LogP contribution in [0.3, 0.4) is 0 Å². The highest BCUT2D eigenvalue weighted by Crippen LogP contribution is 2.36. The number of nitrogens with zero attached hydrogens (tertiary/aromatic N) is 1. The molecule has 1 heterocycles. The Bertz CT molecular complexity index is 366. The van der Waals surface area contributed by atoms with Crippen LogP contribution in [0.4, 0.5) is 13.2 Å². The second-order valence-corrected chi connectivity index (χ2v) is 3.25. The number of halogens is 3. The lowest BCUT2D eigenvalue weighted by molar-refractivity contribution is -0.139. The van der Waals surface area contributed by atoms with Crippen LogP contribution in [0.15, 0.2) is 12.3 Å². The van der Waals surface area contributed by atoms with Crippen molar-refractivity contribution in [3.8, 4) is 5.88 Å². The van der Waals surface area contributed by atoms with Crippen LogP contribution in [0.1, 0.15) is 30.6 Å². The fraction of sp³-hybridized carbons (Fsp3) is 0.500. The van der Waals surface area contributed by atoms with Gasteiger partial charge in [0.2, 0.25) is 5.88 Å². The molecule has 90 valence electrons. The Labute approximate surface area is 90.9 Å². The van der Waals surface area contributed by atoms with E-state index in [0.717, 1.165) is 13.2 Å². The van der Waals surface area contributed by atoms with Gasteiger partial charge in [-0.25, -0.2) is 4.98 Å². The first-order chi connectivity index (χ1) is 7.40. The number of hydrogen-bond donors (Lipinski definition) is 1. The standard InChI is InChI=1S/C10H12F3NO2/c1-3-8(15)6-4-7(10(11,12)13)9(16-2)14-5-6/h4-5,8,15H,3H2,1-2H3. The maximum atomic E-state index is 12.6. The van der Waals surface area contributed by atoms with E-state index >= 15 is 0 Å². The Morgan fingerprint density at radius 1 is 1.50 bits per heavy atom. The lowest BCUT2D eigenvalue weighted by atomic mass is 10.1. The number of aliphatic hydroxyl groups is 1. The molecule has 1 aromatic rings. The molecule has 1 rings (SSSR count). The van der Waals surface area contributed by atoms with E-state index in [1.54, 1.807) is 6.92 Å². The van der Waals surface area contributed by atoms with Gasteiger partial charge >= 0.3 is 6.18 Å². The first-order valence-corrected chi connectivity index (χ1v) is 4.69. The lowest BCUT2D eigenvalue weighted by Crippen LogP contribution is -2.10. The van der Waals surface area contributed by atoms with Crippen molar-refractivity contribution in [1.29, 1.82) is 0 Å². The average molecular weight is 235 g/mol. The normalized spacial score (nSPS) is 13.6. The number of pyridine rings is 1. The van der Waals surface area contributed by atoms with Crippen LogP contribution in [0, 0.1) is 0 Å². The summed E-state index contributed by atoms with van der Waals surface area (Å²) in [5, 5.41) is 9.43. The average Bonchev–Trinajstić information content (AvgIpc) is 2.26. The first-order valence-electron chi connectivity index (χ1n) is 4.69. The predicted molar refractivity (Wildman–Crippen MR) is 51.0 cm³/mol. The molecule has 1 aromatic heterocycles. The van der Waals surface area contributed by atoms with Crippen molar-refractivity contribution in [2.45, 2.75) is 25.6 Å². The zero-order valence-electron chi connectivity index (χ0n) is 8.88. The molecule has 0 aliphatic rings. The van der Waals surface area contributed by atoms with Crippen LogP contribution in [0.2, 0.25) is 0 Å². The van der Waals surface area contributed by atoms with Gasteiger partial charge in [-0.1, -0.05) is 6.92 Å². The molecule has 16 heavy (non-hydrogen) atoms. The van der Waals surface area contributed by atoms with E-state index in [1.807, 2.05) is 0 Å². The van der Waals surface area contributed by atoms with Gasteiger partial charge in [-0.05, 0) is 18.1 Å². The van der Waals surface area contributed by atoms with Crippen molar-refractivity contribution in [2.24, 2.45) is 0 Å². The smallest absolute Gasteiger partial charge is 0.421 e. The summed E-state index contributed by atoms with van der Waals surface area (Å²) in [5.74, 6) is -0.487. The third kappa shape index (κ3) is 2.63. The number of rotatable bonds is 3. The lowest BCUT2D eigenvalue weighted by Gasteiger charge is -2.14. The van der Waals surface area contributed by atoms with Gasteiger partial charge in [0.05, 0.1) is 13.2 Å². The minimum Gasteiger partial charge on any atom is -0.481 e. The monoisotopic (exact) mass is 235 g/mol. The summed E-state index contributed by atoms with van der Waals surface area (Å²) >= 11 is 0. The minimum atomic E-state index is -4.54. The van der Waals surface area contributed by atoms with Gasteiger partial charge in [0.25, 0.3) is 0 Å². The molecular formula is C10H12F3NO2. The van der Waals surface area contributed by atoms with Crippen molar-refractivity contribution in [3.05, 3.63) is 23.4 Å². The molecule has 1 unspecified atom stereocenters. The fourth-order valence-corrected chi connectivity index (χ4v) is 1.25. The van der Waals surface area contributed by atoms with E-state index < -0.39 is 23.7 Å². The van der Waals surface area contributed by atoms with Gasteiger partial charge in [0.15, 0.2) is 0 Å². The van der Waals surface area contributed by atoms with Crippen molar-refractivity contribution in [3.63, 3.8) is 0 Å². The summed E-state index contributed by atoms with van der Waals surface area (Å²) in [4.78, 5) is 3.53. The van der Waals surface area contributed by atoms with E-state index in [4.69, 9.17) is 0 Å². The van der Waals surface area contributed by atoms with Gasteiger partial charge in [-0.3, -0.25) is 0 Å². The third-order valence-corrected chi connectivity index (χ3v) is 2.14. The van der Waals surface area contributed by atoms with Crippen LogP contribution >= 0.6 is 0 Å². The van der Waals surface area contributed by atoms with Gasteiger partial charge in [-0.2, -0.15) is 13.2 Å². The molecule has 0 aromatic carbocycles. The molecule has 0 bridgehead atoms. The highest BCUT2D eigenvalue weighted by atomic mass is 19.4. The van der Waals surface area contributed by atoms with Crippen molar-refractivity contribution in [2.75, 3.05) is 7.11 Å². The molecule has 0 fully saturated rings. The molecule has 0 saturated carbocycles. The first kappa shape index (κ1) is 12.8. The molecule has 6 heteroatoms. The molecular weight excluding hydrogens is 223 g/mol. The SMILES string of the molecule is CCC(O)c1cnc(OC)c(C(F)(F)F)c1. The zero-order chi connectivity index (χ0) is 12.3. The highest BCUT2D eigenvalue weighted by molar-refractivity contribution is 5.33. The summed E-state index contributed by atoms with van der Waals surface area (Å²) in [7, 11) is 1.12. The third-order valence-electron chi connectivity index (χ3n) is 2.14. The van der Waals surface area contributed by atoms with Crippen LogP contribution in [0.5, 0.6) is 5.88 Å². The van der Waals surface area contributed by atoms with E-state index in [-0.39, 0.29) is 5.56 Å². The van der Waals surface area contributed by atoms with E-state index in [9.17, 15) is 18.3 Å². The van der Waals surface area contributed by atoms with Crippen LogP contribution in [0.25, 0.3) is 0 Å². The Hall–Kier alpha value is -1.30. The van der Waals surface area contributed by atoms with Crippen LogP contribution < -0.4 is 4.74 Å². The zero-order valence-corrected chi connectivity index (χ0v) is 8.88. The summed E-state index contributed by atoms with van der Waals surface area (Å²) in [6.45, 7) is 1.67. The quantitative estimate of drug-likeness (QED) is 0.875. The van der Waals surface area contributed by atoms with Crippen molar-refractivity contribution < 1.29 is 23.0 Å². The van der Waals surface area contributed by atoms with Gasteiger partial charge in [-0.15, -0.1) is 0 Å². The molecule has 0 radical (unpaired) electrons. The maximum Gasteiger partial charge on any atom is 0.421 e. The second-order valence-electron chi connectivity index (χ2n) is 3.25. The Morgan fingerprint density at radius 3 is 2.56 bits per heavy atom. The Balaban J connectivity index is 3.22. The number of methoxy groups -OCH3 is 1. The molecule has 1 N–H and O–H groups in total. The Morgan fingerprint density at radius 2 is 2.12 bits per heavy atom. The number of aromatic nitrogens is 1. The second kappa shape index (κ2) is 4.69. The topological polar surface area (TPSA) is 42.4 Å². The fourth-order valence-electron chi connectivity index (χ4n) is 1.25. The number of hydrogen-bond acceptors (Lipinski definition) is 3. The number of alkyl halides is 3. The molecule has 0 amide bonds. The molecule has 0 spiro atoms. The van der Waals surface area contributed by atoms with Gasteiger partial charge in [0, 0.05) is 6.20 Å². The summed E-state index contributed by atoms with van der Waals surface area (Å²) in [5.41, 5.74) is -0.837. The number of aliphatic hydroxyl groups excluding tert-OH is 1. The minimum absolute atomic E-state index is 0.135. The molecule has 1 atom stereocenters. The highest BCUT2D eigenvalue weighted by Gasteiger charge is 2.35. The van der Waals surface area contributed by atoms with E-state index in [0.29, 0.717) is 6.42 Å². The van der Waals surface area contributed by atoms with Crippen molar-refractivity contribution in [1.82, 2.24) is 4.98 Å². The van der Waals surface area contributed by atoms with Crippen molar-refractivity contribution >= 4 is 0 Å². The largest absolute Gasteiger partial charge is 0.481 e. The molecule has 0 saturated heterocycles. The summed E-state index contributed by atoms with van der Waals surface area (Å²) < 4.78 is 42.3. The summed E-state index contributed by atoms with van der Waals surface area (Å²) in [6, 6.07) is 0.861. The maximum absolute atomic E-state index is 12.6. The molecule has 0 aliphatic carbocycles. The molecule has 3 nitrogen and oxygen atoms in total. The van der Waals surface area contributed by atoms with Crippen LogP contribution in [-0.2, 0) is 6.18 Å². The number of ether oxygens (including phenoxy) is 1. The van der Waals surface area contributed by atoms with Gasteiger partial charge < -0.3 is 9.84 Å². The van der Waals surface area contributed by atoms with Gasteiger partial charge in [0.1, 0.15) is 5.56 Å².